The number of anilines is 2. The van der Waals surface area contributed by atoms with E-state index in [0.29, 0.717) is 12.2 Å². The SMILES string of the molecule is O=C(O)CCc1ccc(Nc2cc(=O)cc[nH]2)cc1. The summed E-state index contributed by atoms with van der Waals surface area (Å²) in [6, 6.07) is 10.3. The zero-order chi connectivity index (χ0) is 13.7. The molecule has 0 unspecified atom stereocenters. The minimum atomic E-state index is -0.802. The highest BCUT2D eigenvalue weighted by molar-refractivity contribution is 5.67. The number of benzene rings is 1. The number of aromatic amines is 1. The Bertz CT molecular complexity index is 617. The minimum Gasteiger partial charge on any atom is -0.481 e. The number of aliphatic carboxylic acids is 1. The van der Waals surface area contributed by atoms with Crippen LogP contribution in [0.3, 0.4) is 0 Å². The van der Waals surface area contributed by atoms with Crippen molar-refractivity contribution in [1.29, 1.82) is 0 Å². The van der Waals surface area contributed by atoms with Crippen LogP contribution < -0.4 is 10.7 Å². The number of hydrogen-bond acceptors (Lipinski definition) is 3. The van der Waals surface area contributed by atoms with Gasteiger partial charge in [0, 0.05) is 30.4 Å². The molecule has 0 radical (unpaired) electrons. The molecule has 19 heavy (non-hydrogen) atoms. The summed E-state index contributed by atoms with van der Waals surface area (Å²) in [6.45, 7) is 0. The van der Waals surface area contributed by atoms with Crippen LogP contribution in [0.2, 0.25) is 0 Å². The van der Waals surface area contributed by atoms with Crippen LogP contribution in [0.25, 0.3) is 0 Å². The number of rotatable bonds is 5. The summed E-state index contributed by atoms with van der Waals surface area (Å²) >= 11 is 0. The predicted octanol–water partition coefficient (Wildman–Crippen LogP) is 2.14. The molecule has 2 rings (SSSR count). The molecule has 0 spiro atoms. The molecule has 0 fully saturated rings. The van der Waals surface area contributed by atoms with Crippen LogP contribution in [0.4, 0.5) is 11.5 Å². The maximum atomic E-state index is 11.2. The molecule has 2 aromatic rings. The van der Waals surface area contributed by atoms with Crippen molar-refractivity contribution < 1.29 is 9.90 Å². The molecule has 0 aliphatic carbocycles. The van der Waals surface area contributed by atoms with Gasteiger partial charge in [0.25, 0.3) is 0 Å². The van der Waals surface area contributed by atoms with Crippen LogP contribution in [0, 0.1) is 0 Å². The van der Waals surface area contributed by atoms with E-state index in [9.17, 15) is 9.59 Å². The fraction of sp³-hybridized carbons (Fsp3) is 0.143. The van der Waals surface area contributed by atoms with E-state index < -0.39 is 5.97 Å². The van der Waals surface area contributed by atoms with Crippen molar-refractivity contribution in [2.24, 2.45) is 0 Å². The normalized spacial score (nSPS) is 10.1. The van der Waals surface area contributed by atoms with Crippen LogP contribution in [0.15, 0.2) is 47.4 Å². The standard InChI is InChI=1S/C14H14N2O3/c17-12-7-8-15-13(9-12)16-11-4-1-10(2-5-11)3-6-14(18)19/h1-2,4-5,7-9H,3,6H2,(H,18,19)(H2,15,16,17). The molecule has 98 valence electrons. The molecule has 5 nitrogen and oxygen atoms in total. The first-order valence-corrected chi connectivity index (χ1v) is 5.90. The van der Waals surface area contributed by atoms with Gasteiger partial charge in [-0.1, -0.05) is 12.1 Å². The van der Waals surface area contributed by atoms with Gasteiger partial charge in [0.15, 0.2) is 5.43 Å². The molecule has 1 aromatic heterocycles. The summed E-state index contributed by atoms with van der Waals surface area (Å²) in [6.07, 6.45) is 2.21. The summed E-state index contributed by atoms with van der Waals surface area (Å²) < 4.78 is 0. The zero-order valence-corrected chi connectivity index (χ0v) is 10.2. The number of H-pyrrole nitrogens is 1. The Labute approximate surface area is 109 Å². The largest absolute Gasteiger partial charge is 0.481 e. The Morgan fingerprint density at radius 2 is 1.95 bits per heavy atom. The molecule has 0 bridgehead atoms. The van der Waals surface area contributed by atoms with Gasteiger partial charge in [-0.15, -0.1) is 0 Å². The highest BCUT2D eigenvalue weighted by Gasteiger charge is 2.00. The summed E-state index contributed by atoms with van der Waals surface area (Å²) in [7, 11) is 0. The Hall–Kier alpha value is -2.56. The number of carboxylic acids is 1. The van der Waals surface area contributed by atoms with Crippen molar-refractivity contribution in [2.75, 3.05) is 5.32 Å². The van der Waals surface area contributed by atoms with E-state index in [1.165, 1.54) is 12.1 Å². The Balaban J connectivity index is 2.02. The summed E-state index contributed by atoms with van der Waals surface area (Å²) in [5, 5.41) is 11.7. The first-order chi connectivity index (χ1) is 9.13. The second-order valence-corrected chi connectivity index (χ2v) is 4.15. The van der Waals surface area contributed by atoms with Crippen LogP contribution in [0.1, 0.15) is 12.0 Å². The number of nitrogens with one attached hydrogen (secondary N) is 2. The van der Waals surface area contributed by atoms with E-state index >= 15 is 0 Å². The van der Waals surface area contributed by atoms with Gasteiger partial charge in [-0.2, -0.15) is 0 Å². The average molecular weight is 258 g/mol. The molecule has 0 atom stereocenters. The van der Waals surface area contributed by atoms with E-state index in [1.807, 2.05) is 24.3 Å². The van der Waals surface area contributed by atoms with Crippen molar-refractivity contribution in [2.45, 2.75) is 12.8 Å². The number of hydrogen-bond donors (Lipinski definition) is 3. The lowest BCUT2D eigenvalue weighted by Crippen LogP contribution is -2.01. The molecule has 1 aromatic carbocycles. The van der Waals surface area contributed by atoms with Crippen molar-refractivity contribution in [3.8, 4) is 0 Å². The summed E-state index contributed by atoms with van der Waals surface area (Å²) in [4.78, 5) is 24.6. The molecule has 3 N–H and O–H groups in total. The zero-order valence-electron chi connectivity index (χ0n) is 10.2. The predicted molar refractivity (Wildman–Crippen MR) is 72.7 cm³/mol. The van der Waals surface area contributed by atoms with Gasteiger partial charge >= 0.3 is 5.97 Å². The number of aromatic nitrogens is 1. The highest BCUT2D eigenvalue weighted by atomic mass is 16.4. The van der Waals surface area contributed by atoms with Crippen LogP contribution in [-0.2, 0) is 11.2 Å². The number of aryl methyl sites for hydroxylation is 1. The number of carboxylic acid groups (broad SMARTS) is 1. The summed E-state index contributed by atoms with van der Waals surface area (Å²) in [5.74, 6) is -0.185. The van der Waals surface area contributed by atoms with Gasteiger partial charge < -0.3 is 15.4 Å². The van der Waals surface area contributed by atoms with E-state index in [4.69, 9.17) is 5.11 Å². The number of pyridine rings is 1. The monoisotopic (exact) mass is 258 g/mol. The molecular formula is C14H14N2O3. The third-order valence-corrected chi connectivity index (χ3v) is 2.63. The molecule has 5 heteroatoms. The first kappa shape index (κ1) is 12.9. The first-order valence-electron chi connectivity index (χ1n) is 5.90. The minimum absolute atomic E-state index is 0.0701. The average Bonchev–Trinajstić information content (AvgIpc) is 2.38. The topological polar surface area (TPSA) is 82.2 Å². The van der Waals surface area contributed by atoms with Gasteiger partial charge in [-0.05, 0) is 24.1 Å². The van der Waals surface area contributed by atoms with Crippen molar-refractivity contribution in [3.63, 3.8) is 0 Å². The van der Waals surface area contributed by atoms with Crippen molar-refractivity contribution >= 4 is 17.5 Å². The molecule has 0 aliphatic heterocycles. The van der Waals surface area contributed by atoms with Crippen LogP contribution in [-0.4, -0.2) is 16.1 Å². The molecule has 1 heterocycles. The fourth-order valence-electron chi connectivity index (χ4n) is 1.68. The van der Waals surface area contributed by atoms with E-state index in [1.54, 1.807) is 6.20 Å². The van der Waals surface area contributed by atoms with E-state index in [2.05, 4.69) is 10.3 Å². The maximum absolute atomic E-state index is 11.2. The van der Waals surface area contributed by atoms with Crippen LogP contribution in [0.5, 0.6) is 0 Å². The Morgan fingerprint density at radius 3 is 2.58 bits per heavy atom. The smallest absolute Gasteiger partial charge is 0.303 e. The lowest BCUT2D eigenvalue weighted by Gasteiger charge is -2.06. The molecular weight excluding hydrogens is 244 g/mol. The highest BCUT2D eigenvalue weighted by Crippen LogP contribution is 2.14. The van der Waals surface area contributed by atoms with Gasteiger partial charge in [0.05, 0.1) is 0 Å². The third-order valence-electron chi connectivity index (χ3n) is 2.63. The third kappa shape index (κ3) is 3.99. The Kier molecular flexibility index (Phi) is 3.97. The van der Waals surface area contributed by atoms with Crippen molar-refractivity contribution in [1.82, 2.24) is 4.98 Å². The quantitative estimate of drug-likeness (QED) is 0.767. The number of carbonyl (C=O) groups is 1. The van der Waals surface area contributed by atoms with Gasteiger partial charge in [-0.25, -0.2) is 0 Å². The molecule has 0 saturated heterocycles. The van der Waals surface area contributed by atoms with E-state index in [-0.39, 0.29) is 11.8 Å². The van der Waals surface area contributed by atoms with Crippen molar-refractivity contribution in [3.05, 3.63) is 58.4 Å². The lowest BCUT2D eigenvalue weighted by molar-refractivity contribution is -0.136. The fourth-order valence-corrected chi connectivity index (χ4v) is 1.68. The van der Waals surface area contributed by atoms with Gasteiger partial charge in [0.2, 0.25) is 0 Å². The van der Waals surface area contributed by atoms with Gasteiger partial charge in [-0.3, -0.25) is 9.59 Å². The molecule has 0 saturated carbocycles. The summed E-state index contributed by atoms with van der Waals surface area (Å²) in [5.41, 5.74) is 1.73. The molecule has 0 amide bonds. The van der Waals surface area contributed by atoms with Gasteiger partial charge in [0.1, 0.15) is 5.82 Å². The second kappa shape index (κ2) is 5.86. The lowest BCUT2D eigenvalue weighted by atomic mass is 10.1. The van der Waals surface area contributed by atoms with Crippen LogP contribution >= 0.6 is 0 Å². The molecule has 0 aliphatic rings. The van der Waals surface area contributed by atoms with E-state index in [0.717, 1.165) is 11.3 Å². The maximum Gasteiger partial charge on any atom is 0.303 e. The Morgan fingerprint density at radius 1 is 1.21 bits per heavy atom. The second-order valence-electron chi connectivity index (χ2n) is 4.15.